The highest BCUT2D eigenvalue weighted by Crippen LogP contribution is 2.26. The lowest BCUT2D eigenvalue weighted by Gasteiger charge is -2.05. The third kappa shape index (κ3) is 3.33. The van der Waals surface area contributed by atoms with Crippen molar-refractivity contribution >= 4 is 56.5 Å². The average Bonchev–Trinajstić information content (AvgIpc) is 1.99. The minimum atomic E-state index is -2.25. The van der Waals surface area contributed by atoms with Gasteiger partial charge in [0.2, 0.25) is 0 Å². The molecule has 13 heavy (non-hydrogen) atoms. The number of hydrogen-bond donors (Lipinski definition) is 1. The summed E-state index contributed by atoms with van der Waals surface area (Å²) in [5, 5.41) is 0. The summed E-state index contributed by atoms with van der Waals surface area (Å²) < 4.78 is 25.6. The molecule has 0 aliphatic carbocycles. The molecule has 0 aliphatic heterocycles. The molecule has 0 saturated heterocycles. The first-order valence-corrected chi connectivity index (χ1v) is 6.44. The van der Waals surface area contributed by atoms with Gasteiger partial charge in [-0.25, -0.2) is 0 Å². The maximum Gasteiger partial charge on any atom is 0.357 e. The standard InChI is InChI=1S/C7H6I2O3S/c1-4-2-7(12-13(10)11)6(9)3-5(4)8/h2-3H,1H3,(H,10,11). The van der Waals surface area contributed by atoms with Crippen molar-refractivity contribution in [2.75, 3.05) is 0 Å². The van der Waals surface area contributed by atoms with Crippen LogP contribution in [0.3, 0.4) is 0 Å². The van der Waals surface area contributed by atoms with Gasteiger partial charge in [0.15, 0.2) is 5.75 Å². The van der Waals surface area contributed by atoms with E-state index in [1.165, 1.54) is 0 Å². The van der Waals surface area contributed by atoms with E-state index >= 15 is 0 Å². The van der Waals surface area contributed by atoms with Crippen LogP contribution in [0.25, 0.3) is 0 Å². The fraction of sp³-hybridized carbons (Fsp3) is 0.143. The van der Waals surface area contributed by atoms with E-state index < -0.39 is 11.4 Å². The lowest BCUT2D eigenvalue weighted by Crippen LogP contribution is -2.00. The van der Waals surface area contributed by atoms with Crippen LogP contribution in [0.15, 0.2) is 12.1 Å². The number of halogens is 2. The van der Waals surface area contributed by atoms with Gasteiger partial charge in [-0.05, 0) is 69.8 Å². The molecule has 1 rings (SSSR count). The van der Waals surface area contributed by atoms with Gasteiger partial charge in [0.05, 0.1) is 3.57 Å². The number of aryl methyl sites for hydroxylation is 1. The molecule has 0 radical (unpaired) electrons. The highest BCUT2D eigenvalue weighted by molar-refractivity contribution is 14.1. The molecule has 1 aromatic rings. The van der Waals surface area contributed by atoms with Crippen LogP contribution in [0.4, 0.5) is 0 Å². The molecule has 0 bridgehead atoms. The Labute approximate surface area is 106 Å². The minimum absolute atomic E-state index is 0.444. The van der Waals surface area contributed by atoms with E-state index in [1.807, 2.05) is 13.0 Å². The van der Waals surface area contributed by atoms with Gasteiger partial charge in [-0.1, -0.05) is 0 Å². The lowest BCUT2D eigenvalue weighted by atomic mass is 10.2. The summed E-state index contributed by atoms with van der Waals surface area (Å²) >= 11 is 2.01. The van der Waals surface area contributed by atoms with Crippen molar-refractivity contribution in [1.29, 1.82) is 0 Å². The van der Waals surface area contributed by atoms with Gasteiger partial charge in [-0.3, -0.25) is 4.55 Å². The highest BCUT2D eigenvalue weighted by Gasteiger charge is 2.07. The molecule has 1 N–H and O–H groups in total. The monoisotopic (exact) mass is 424 g/mol. The Morgan fingerprint density at radius 2 is 2.00 bits per heavy atom. The van der Waals surface area contributed by atoms with Gasteiger partial charge in [0.1, 0.15) is 0 Å². The molecule has 0 fully saturated rings. The Morgan fingerprint density at radius 3 is 2.54 bits per heavy atom. The normalized spacial score (nSPS) is 12.6. The molecule has 1 aromatic carbocycles. The lowest BCUT2D eigenvalue weighted by molar-refractivity contribution is 0.456. The molecule has 1 unspecified atom stereocenters. The third-order valence-corrected chi connectivity index (χ3v) is 3.70. The first-order chi connectivity index (χ1) is 6.00. The van der Waals surface area contributed by atoms with Gasteiger partial charge in [0, 0.05) is 3.57 Å². The van der Waals surface area contributed by atoms with Gasteiger partial charge < -0.3 is 4.18 Å². The molecule has 1 atom stereocenters. The topological polar surface area (TPSA) is 46.5 Å². The maximum atomic E-state index is 10.4. The summed E-state index contributed by atoms with van der Waals surface area (Å²) in [5.41, 5.74) is 1.03. The largest absolute Gasteiger partial charge is 0.379 e. The molecule has 3 nitrogen and oxygen atoms in total. The highest BCUT2D eigenvalue weighted by atomic mass is 127. The Bertz CT molecular complexity index is 354. The predicted molar refractivity (Wildman–Crippen MR) is 68.0 cm³/mol. The summed E-state index contributed by atoms with van der Waals surface area (Å²) in [6.07, 6.45) is 0. The summed E-state index contributed by atoms with van der Waals surface area (Å²) in [5.74, 6) is 0.444. The summed E-state index contributed by atoms with van der Waals surface area (Å²) in [4.78, 5) is 0. The quantitative estimate of drug-likeness (QED) is 0.587. The fourth-order valence-electron chi connectivity index (χ4n) is 0.771. The SMILES string of the molecule is Cc1cc(OS(=O)O)c(I)cc1I. The van der Waals surface area contributed by atoms with Crippen molar-refractivity contribution in [3.8, 4) is 5.75 Å². The first kappa shape index (κ1) is 11.7. The van der Waals surface area contributed by atoms with Crippen molar-refractivity contribution in [3.05, 3.63) is 24.8 Å². The summed E-state index contributed by atoms with van der Waals surface area (Å²) in [7, 11) is 0. The predicted octanol–water partition coefficient (Wildman–Crippen LogP) is 2.72. The molecule has 0 spiro atoms. The van der Waals surface area contributed by atoms with Gasteiger partial charge in [-0.15, -0.1) is 0 Å². The van der Waals surface area contributed by atoms with Crippen molar-refractivity contribution in [1.82, 2.24) is 0 Å². The summed E-state index contributed by atoms with van der Waals surface area (Å²) in [6.45, 7) is 1.92. The second-order valence-electron chi connectivity index (χ2n) is 2.33. The Kier molecular flexibility index (Phi) is 4.39. The zero-order valence-electron chi connectivity index (χ0n) is 6.58. The van der Waals surface area contributed by atoms with E-state index in [0.29, 0.717) is 5.75 Å². The molecule has 72 valence electrons. The van der Waals surface area contributed by atoms with Crippen molar-refractivity contribution in [2.24, 2.45) is 0 Å². The van der Waals surface area contributed by atoms with Crippen LogP contribution in [0.1, 0.15) is 5.56 Å². The van der Waals surface area contributed by atoms with E-state index in [-0.39, 0.29) is 0 Å². The van der Waals surface area contributed by atoms with Gasteiger partial charge >= 0.3 is 11.4 Å². The summed E-state index contributed by atoms with van der Waals surface area (Å²) in [6, 6.07) is 3.65. The van der Waals surface area contributed by atoms with Crippen LogP contribution in [0, 0.1) is 14.1 Å². The van der Waals surface area contributed by atoms with Crippen molar-refractivity contribution < 1.29 is 12.9 Å². The van der Waals surface area contributed by atoms with Crippen LogP contribution in [0.2, 0.25) is 0 Å². The van der Waals surface area contributed by atoms with E-state index in [1.54, 1.807) is 6.07 Å². The molecular weight excluding hydrogens is 418 g/mol. The second-order valence-corrected chi connectivity index (χ2v) is 5.26. The molecule has 0 amide bonds. The average molecular weight is 424 g/mol. The van der Waals surface area contributed by atoms with Crippen LogP contribution in [0.5, 0.6) is 5.75 Å². The van der Waals surface area contributed by atoms with E-state index in [2.05, 4.69) is 45.2 Å². The van der Waals surface area contributed by atoms with Crippen LogP contribution in [-0.2, 0) is 11.4 Å². The van der Waals surface area contributed by atoms with Crippen LogP contribution >= 0.6 is 45.2 Å². The zero-order valence-corrected chi connectivity index (χ0v) is 11.7. The second kappa shape index (κ2) is 4.89. The molecule has 0 heterocycles. The Morgan fingerprint density at radius 1 is 1.38 bits per heavy atom. The molecule has 0 aliphatic rings. The van der Waals surface area contributed by atoms with E-state index in [9.17, 15) is 4.21 Å². The van der Waals surface area contributed by atoms with E-state index in [0.717, 1.165) is 12.7 Å². The van der Waals surface area contributed by atoms with Crippen molar-refractivity contribution in [2.45, 2.75) is 6.92 Å². The fourth-order valence-corrected chi connectivity index (χ4v) is 2.85. The number of rotatable bonds is 2. The smallest absolute Gasteiger partial charge is 0.357 e. The minimum Gasteiger partial charge on any atom is -0.379 e. The van der Waals surface area contributed by atoms with Crippen LogP contribution in [-0.4, -0.2) is 8.76 Å². The van der Waals surface area contributed by atoms with Crippen LogP contribution < -0.4 is 4.18 Å². The van der Waals surface area contributed by atoms with E-state index in [4.69, 9.17) is 8.74 Å². The maximum absolute atomic E-state index is 10.4. The van der Waals surface area contributed by atoms with Gasteiger partial charge in [-0.2, -0.15) is 4.21 Å². The van der Waals surface area contributed by atoms with Crippen molar-refractivity contribution in [3.63, 3.8) is 0 Å². The number of hydrogen-bond acceptors (Lipinski definition) is 2. The first-order valence-electron chi connectivity index (χ1n) is 3.25. The Hall–Kier alpha value is 0.590. The molecule has 6 heteroatoms. The molecule has 0 aromatic heterocycles. The Balaban J connectivity index is 3.08. The molecular formula is C7H6I2O3S. The molecule has 0 saturated carbocycles. The zero-order chi connectivity index (χ0) is 10.0. The van der Waals surface area contributed by atoms with Gasteiger partial charge in [0.25, 0.3) is 0 Å². The third-order valence-electron chi connectivity index (χ3n) is 1.37. The number of benzene rings is 1.